The third kappa shape index (κ3) is 4.52. The second-order valence-corrected chi connectivity index (χ2v) is 11.7. The number of ketones is 1. The topological polar surface area (TPSA) is 124 Å². The van der Waals surface area contributed by atoms with E-state index < -0.39 is 41.2 Å². The molecular weight excluding hydrogens is 612 g/mol. The third-order valence-electron chi connectivity index (χ3n) is 7.62. The first kappa shape index (κ1) is 25.7. The number of nitro groups is 1. The maximum atomic E-state index is 13.6. The standard InChI is InChI=1S/C26H22Br2N2O7/c27-22-16-11-17(23(22)28)21-20(16)24(32)29(25(21)33)18(10-13-4-2-1-3-5-13)26(34)37-12-19(31)14-6-8-15(9-7-14)30(35)36/h1-9,16-18,20-23H,10-12H2/t16-,17-,18+,20-,21-,22+,23+/m1/s1. The lowest BCUT2D eigenvalue weighted by molar-refractivity contribution is -0.384. The van der Waals surface area contributed by atoms with Crippen LogP contribution in [0.5, 0.6) is 0 Å². The van der Waals surface area contributed by atoms with Gasteiger partial charge in [0.25, 0.3) is 5.69 Å². The van der Waals surface area contributed by atoms with E-state index in [9.17, 15) is 29.3 Å². The number of esters is 1. The first-order valence-corrected chi connectivity index (χ1v) is 13.7. The lowest BCUT2D eigenvalue weighted by Crippen LogP contribution is -2.48. The van der Waals surface area contributed by atoms with Crippen molar-refractivity contribution in [1.29, 1.82) is 0 Å². The maximum Gasteiger partial charge on any atom is 0.330 e. The van der Waals surface area contributed by atoms with Crippen LogP contribution in [0.1, 0.15) is 22.3 Å². The summed E-state index contributed by atoms with van der Waals surface area (Å²) in [6, 6.07) is 12.7. The zero-order valence-electron chi connectivity index (χ0n) is 19.4. The van der Waals surface area contributed by atoms with Crippen molar-refractivity contribution < 1.29 is 28.8 Å². The van der Waals surface area contributed by atoms with Crippen LogP contribution in [0.25, 0.3) is 0 Å². The predicted molar refractivity (Wildman–Crippen MR) is 138 cm³/mol. The first-order chi connectivity index (χ1) is 17.7. The number of rotatable bonds is 8. The Labute approximate surface area is 228 Å². The molecular formula is C26H22Br2N2O7. The van der Waals surface area contributed by atoms with Crippen molar-refractivity contribution >= 4 is 61.1 Å². The van der Waals surface area contributed by atoms with Gasteiger partial charge < -0.3 is 4.74 Å². The van der Waals surface area contributed by atoms with E-state index in [0.717, 1.165) is 16.9 Å². The molecule has 2 aliphatic carbocycles. The van der Waals surface area contributed by atoms with Crippen LogP contribution < -0.4 is 0 Å². The van der Waals surface area contributed by atoms with E-state index in [4.69, 9.17) is 4.74 Å². The minimum atomic E-state index is -1.21. The van der Waals surface area contributed by atoms with Gasteiger partial charge in [-0.2, -0.15) is 0 Å². The number of hydrogen-bond acceptors (Lipinski definition) is 7. The van der Waals surface area contributed by atoms with E-state index in [1.54, 1.807) is 24.3 Å². The molecule has 0 radical (unpaired) electrons. The molecule has 3 fully saturated rings. The number of carbonyl (C=O) groups is 4. The largest absolute Gasteiger partial charge is 0.456 e. The Morgan fingerprint density at radius 3 is 2.08 bits per heavy atom. The van der Waals surface area contributed by atoms with Gasteiger partial charge in [-0.05, 0) is 36.0 Å². The van der Waals surface area contributed by atoms with Crippen LogP contribution in [0.2, 0.25) is 0 Å². The molecule has 2 amide bonds. The maximum absolute atomic E-state index is 13.6. The van der Waals surface area contributed by atoms with Crippen LogP contribution in [0.4, 0.5) is 5.69 Å². The van der Waals surface area contributed by atoms with Crippen LogP contribution in [0.15, 0.2) is 54.6 Å². The molecule has 0 unspecified atom stereocenters. The molecule has 5 rings (SSSR count). The summed E-state index contributed by atoms with van der Waals surface area (Å²) in [4.78, 5) is 64.5. The molecule has 11 heteroatoms. The highest BCUT2D eigenvalue weighted by Gasteiger charge is 2.67. The molecule has 7 atom stereocenters. The Morgan fingerprint density at radius 2 is 1.54 bits per heavy atom. The van der Waals surface area contributed by atoms with Crippen molar-refractivity contribution in [3.05, 3.63) is 75.8 Å². The summed E-state index contributed by atoms with van der Waals surface area (Å²) < 4.78 is 5.33. The number of halogens is 2. The van der Waals surface area contributed by atoms with Gasteiger partial charge in [0.05, 0.1) is 16.8 Å². The Bertz CT molecular complexity index is 1240. The summed E-state index contributed by atoms with van der Waals surface area (Å²) in [6.07, 6.45) is 0.831. The number of likely N-dealkylation sites (tertiary alicyclic amines) is 1. The molecule has 1 saturated heterocycles. The van der Waals surface area contributed by atoms with Crippen LogP contribution in [-0.2, 0) is 25.5 Å². The number of fused-ring (bicyclic) bond motifs is 5. The number of non-ortho nitro benzene ring substituents is 1. The average Bonchev–Trinajstić information content (AvgIpc) is 3.51. The van der Waals surface area contributed by atoms with Gasteiger partial charge in [-0.15, -0.1) is 0 Å². The molecule has 9 nitrogen and oxygen atoms in total. The molecule has 0 N–H and O–H groups in total. The Morgan fingerprint density at radius 1 is 0.973 bits per heavy atom. The fourth-order valence-corrected chi connectivity index (χ4v) is 7.76. The highest BCUT2D eigenvalue weighted by atomic mass is 79.9. The van der Waals surface area contributed by atoms with Gasteiger partial charge >= 0.3 is 5.97 Å². The molecule has 2 aromatic rings. The van der Waals surface area contributed by atoms with Crippen molar-refractivity contribution in [2.75, 3.05) is 6.61 Å². The highest BCUT2D eigenvalue weighted by molar-refractivity contribution is 9.12. The minimum absolute atomic E-state index is 0.00191. The van der Waals surface area contributed by atoms with E-state index >= 15 is 0 Å². The van der Waals surface area contributed by atoms with Crippen molar-refractivity contribution in [2.24, 2.45) is 23.7 Å². The number of Topliss-reactive ketones (excluding diaryl/α,β-unsaturated/α-hetero) is 1. The number of nitro benzene ring substituents is 1. The number of ether oxygens (including phenoxy) is 1. The molecule has 192 valence electrons. The van der Waals surface area contributed by atoms with Gasteiger partial charge in [-0.25, -0.2) is 4.79 Å². The number of alkyl halides is 2. The minimum Gasteiger partial charge on any atom is -0.456 e. The third-order valence-corrected chi connectivity index (χ3v) is 10.8. The summed E-state index contributed by atoms with van der Waals surface area (Å²) >= 11 is 7.33. The number of amides is 2. The van der Waals surface area contributed by atoms with E-state index in [1.807, 2.05) is 6.07 Å². The lowest BCUT2D eigenvalue weighted by atomic mass is 9.81. The smallest absolute Gasteiger partial charge is 0.330 e. The lowest BCUT2D eigenvalue weighted by Gasteiger charge is -2.28. The Hall–Kier alpha value is -2.92. The van der Waals surface area contributed by atoms with Crippen LogP contribution in [0.3, 0.4) is 0 Å². The summed E-state index contributed by atoms with van der Waals surface area (Å²) in [5.74, 6) is -3.11. The molecule has 2 bridgehead atoms. The molecule has 37 heavy (non-hydrogen) atoms. The van der Waals surface area contributed by atoms with E-state index in [-0.39, 0.29) is 51.0 Å². The van der Waals surface area contributed by atoms with Gasteiger partial charge in [0.15, 0.2) is 12.4 Å². The van der Waals surface area contributed by atoms with E-state index in [0.29, 0.717) is 0 Å². The van der Waals surface area contributed by atoms with Crippen molar-refractivity contribution in [3.8, 4) is 0 Å². The number of benzene rings is 2. The Balaban J connectivity index is 1.36. The molecule has 1 heterocycles. The first-order valence-electron chi connectivity index (χ1n) is 11.8. The van der Waals surface area contributed by atoms with Gasteiger partial charge in [0.2, 0.25) is 11.8 Å². The van der Waals surface area contributed by atoms with Crippen molar-refractivity contribution in [3.63, 3.8) is 0 Å². The van der Waals surface area contributed by atoms with Gasteiger partial charge in [-0.1, -0.05) is 62.2 Å². The number of imide groups is 1. The number of nitrogens with zero attached hydrogens (tertiary/aromatic N) is 2. The predicted octanol–water partition coefficient (Wildman–Crippen LogP) is 3.71. The molecule has 0 aromatic heterocycles. The van der Waals surface area contributed by atoms with E-state index in [1.165, 1.54) is 24.3 Å². The highest BCUT2D eigenvalue weighted by Crippen LogP contribution is 2.60. The SMILES string of the molecule is O=C(COC(=O)[C@H](Cc1ccccc1)N1C(=O)[C@@H]2[C@H]3C[C@@H]([C@H](Br)[C@H]3Br)[C@H]2C1=O)c1ccc([N+](=O)[O-])cc1. The zero-order chi connectivity index (χ0) is 26.4. The van der Waals surface area contributed by atoms with Gasteiger partial charge in [-0.3, -0.25) is 29.4 Å². The monoisotopic (exact) mass is 632 g/mol. The fourth-order valence-electron chi connectivity index (χ4n) is 5.88. The van der Waals surface area contributed by atoms with Crippen molar-refractivity contribution in [1.82, 2.24) is 4.90 Å². The van der Waals surface area contributed by atoms with Crippen molar-refractivity contribution in [2.45, 2.75) is 28.5 Å². The second-order valence-electron chi connectivity index (χ2n) is 9.59. The van der Waals surface area contributed by atoms with Crippen LogP contribution in [-0.4, -0.2) is 55.7 Å². The van der Waals surface area contributed by atoms with Gasteiger partial charge in [0.1, 0.15) is 6.04 Å². The molecule has 2 saturated carbocycles. The average molecular weight is 634 g/mol. The quantitative estimate of drug-likeness (QED) is 0.108. The summed E-state index contributed by atoms with van der Waals surface area (Å²) in [5, 5.41) is 10.8. The fraction of sp³-hybridized carbons (Fsp3) is 0.385. The summed E-state index contributed by atoms with van der Waals surface area (Å²) in [5.41, 5.74) is 0.714. The number of carbonyl (C=O) groups excluding carboxylic acids is 4. The van der Waals surface area contributed by atoms with Crippen LogP contribution >= 0.6 is 31.9 Å². The van der Waals surface area contributed by atoms with E-state index in [2.05, 4.69) is 31.9 Å². The van der Waals surface area contributed by atoms with Crippen LogP contribution in [0, 0.1) is 33.8 Å². The summed E-state index contributed by atoms with van der Waals surface area (Å²) in [6.45, 7) is -0.622. The van der Waals surface area contributed by atoms with Gasteiger partial charge in [0, 0.05) is 33.8 Å². The number of hydrogen-bond donors (Lipinski definition) is 0. The summed E-state index contributed by atoms with van der Waals surface area (Å²) in [7, 11) is 0. The molecule has 3 aliphatic rings. The Kier molecular flexibility index (Phi) is 7.01. The molecule has 1 aliphatic heterocycles. The zero-order valence-corrected chi connectivity index (χ0v) is 22.5. The molecule has 0 spiro atoms. The second kappa shape index (κ2) is 10.1. The normalized spacial score (nSPS) is 28.8. The molecule has 2 aromatic carbocycles.